The van der Waals surface area contributed by atoms with Gasteiger partial charge in [-0.1, -0.05) is 11.6 Å². The predicted octanol–water partition coefficient (Wildman–Crippen LogP) is 3.09. The van der Waals surface area contributed by atoms with E-state index in [9.17, 15) is 4.79 Å². The molecule has 1 heterocycles. The van der Waals surface area contributed by atoms with Gasteiger partial charge in [-0.05, 0) is 40.2 Å². The molecule has 88 valence electrons. The highest BCUT2D eigenvalue weighted by atomic mass is 79.9. The maximum atomic E-state index is 11.9. The highest BCUT2D eigenvalue weighted by molar-refractivity contribution is 9.10. The molecule has 6 heteroatoms. The lowest BCUT2D eigenvalue weighted by Gasteiger charge is -2.07. The number of aryl methyl sites for hydroxylation is 1. The third-order valence-corrected chi connectivity index (χ3v) is 3.12. The first-order valence-electron chi connectivity index (χ1n) is 4.82. The topological polar surface area (TPSA) is 46.9 Å². The molecule has 0 aliphatic carbocycles. The van der Waals surface area contributed by atoms with Crippen molar-refractivity contribution in [1.29, 1.82) is 0 Å². The molecule has 1 aromatic carbocycles. The van der Waals surface area contributed by atoms with Gasteiger partial charge in [-0.15, -0.1) is 0 Å². The number of halogens is 2. The normalized spacial score (nSPS) is 10.3. The lowest BCUT2D eigenvalue weighted by Crippen LogP contribution is -2.16. The Bertz CT molecular complexity index is 568. The lowest BCUT2D eigenvalue weighted by atomic mass is 10.3. The monoisotopic (exact) mass is 313 g/mol. The molecule has 0 saturated carbocycles. The summed E-state index contributed by atoms with van der Waals surface area (Å²) in [5.74, 6) is -0.215. The van der Waals surface area contributed by atoms with E-state index >= 15 is 0 Å². The van der Waals surface area contributed by atoms with Gasteiger partial charge >= 0.3 is 0 Å². The number of anilines is 1. The van der Waals surface area contributed by atoms with Gasteiger partial charge in [-0.25, -0.2) is 0 Å². The summed E-state index contributed by atoms with van der Waals surface area (Å²) in [6.07, 6.45) is 1.58. The largest absolute Gasteiger partial charge is 0.320 e. The summed E-state index contributed by atoms with van der Waals surface area (Å²) in [5.41, 5.74) is 1.16. The van der Waals surface area contributed by atoms with E-state index in [2.05, 4.69) is 26.3 Å². The Hall–Kier alpha value is -1.33. The van der Waals surface area contributed by atoms with Crippen molar-refractivity contribution in [2.45, 2.75) is 0 Å². The zero-order chi connectivity index (χ0) is 12.4. The molecule has 1 N–H and O–H groups in total. The smallest absolute Gasteiger partial charge is 0.273 e. The average molecular weight is 315 g/mol. The molecule has 2 rings (SSSR count). The fourth-order valence-electron chi connectivity index (χ4n) is 1.37. The maximum absolute atomic E-state index is 11.9. The molecule has 0 atom stereocenters. The molecule has 4 nitrogen and oxygen atoms in total. The minimum absolute atomic E-state index is 0.215. The number of nitrogens with one attached hydrogen (secondary N) is 1. The Morgan fingerprint density at radius 2 is 2.24 bits per heavy atom. The second-order valence-corrected chi connectivity index (χ2v) is 4.71. The first-order valence-corrected chi connectivity index (χ1v) is 5.99. The molecule has 0 aliphatic rings. The molecule has 0 unspecified atom stereocenters. The van der Waals surface area contributed by atoms with Crippen LogP contribution in [0.5, 0.6) is 0 Å². The van der Waals surface area contributed by atoms with Crippen LogP contribution in [0.25, 0.3) is 0 Å². The van der Waals surface area contributed by atoms with Crippen LogP contribution in [0.2, 0.25) is 5.02 Å². The van der Waals surface area contributed by atoms with Crippen molar-refractivity contribution < 1.29 is 4.79 Å². The van der Waals surface area contributed by atoms with Crippen molar-refractivity contribution in [2.24, 2.45) is 7.05 Å². The number of hydrogen-bond donors (Lipinski definition) is 1. The standard InChI is InChI=1S/C11H9BrClN3O/c1-16-10(4-5-14-16)11(17)15-9-3-2-7(13)6-8(9)12/h2-6H,1H3,(H,15,17). The van der Waals surface area contributed by atoms with Crippen LogP contribution in [0.3, 0.4) is 0 Å². The van der Waals surface area contributed by atoms with E-state index < -0.39 is 0 Å². The van der Waals surface area contributed by atoms with Crippen LogP contribution < -0.4 is 5.32 Å². The van der Waals surface area contributed by atoms with Crippen molar-refractivity contribution in [3.8, 4) is 0 Å². The van der Waals surface area contributed by atoms with Gasteiger partial charge in [0.1, 0.15) is 5.69 Å². The molecule has 0 aliphatic heterocycles. The third-order valence-electron chi connectivity index (χ3n) is 2.23. The number of carbonyl (C=O) groups excluding carboxylic acids is 1. The molecule has 1 amide bonds. The molecule has 0 saturated heterocycles. The summed E-state index contributed by atoms with van der Waals surface area (Å²) in [5, 5.41) is 7.32. The van der Waals surface area contributed by atoms with Crippen molar-refractivity contribution >= 4 is 39.1 Å². The SMILES string of the molecule is Cn1nccc1C(=O)Nc1ccc(Cl)cc1Br. The van der Waals surface area contributed by atoms with Gasteiger partial charge in [0.25, 0.3) is 5.91 Å². The molecule has 0 fully saturated rings. The van der Waals surface area contributed by atoms with Gasteiger partial charge in [0, 0.05) is 22.7 Å². The lowest BCUT2D eigenvalue weighted by molar-refractivity contribution is 0.101. The van der Waals surface area contributed by atoms with Crippen molar-refractivity contribution in [3.05, 3.63) is 45.7 Å². The number of benzene rings is 1. The summed E-state index contributed by atoms with van der Waals surface area (Å²) < 4.78 is 2.25. The van der Waals surface area contributed by atoms with Crippen LogP contribution in [0.15, 0.2) is 34.9 Å². The van der Waals surface area contributed by atoms with E-state index in [0.29, 0.717) is 16.4 Å². The Morgan fingerprint density at radius 3 is 2.82 bits per heavy atom. The van der Waals surface area contributed by atoms with E-state index in [4.69, 9.17) is 11.6 Å². The van der Waals surface area contributed by atoms with Gasteiger partial charge in [-0.3, -0.25) is 9.48 Å². The van der Waals surface area contributed by atoms with Gasteiger partial charge < -0.3 is 5.32 Å². The fourth-order valence-corrected chi connectivity index (χ4v) is 2.16. The molecule has 17 heavy (non-hydrogen) atoms. The van der Waals surface area contributed by atoms with Crippen LogP contribution in [0, 0.1) is 0 Å². The molecule has 0 spiro atoms. The summed E-state index contributed by atoms with van der Waals surface area (Å²) in [6, 6.07) is 6.82. The number of aromatic nitrogens is 2. The fraction of sp³-hybridized carbons (Fsp3) is 0.0909. The van der Waals surface area contributed by atoms with E-state index in [1.54, 1.807) is 37.5 Å². The number of nitrogens with zero attached hydrogens (tertiary/aromatic N) is 2. The number of carbonyl (C=O) groups is 1. The summed E-state index contributed by atoms with van der Waals surface area (Å²) in [6.45, 7) is 0. The van der Waals surface area contributed by atoms with Crippen LogP contribution >= 0.6 is 27.5 Å². The summed E-state index contributed by atoms with van der Waals surface area (Å²) in [7, 11) is 1.71. The minimum Gasteiger partial charge on any atom is -0.320 e. The van der Waals surface area contributed by atoms with Crippen molar-refractivity contribution in [3.63, 3.8) is 0 Å². The van der Waals surface area contributed by atoms with Crippen LogP contribution in [-0.2, 0) is 7.05 Å². The van der Waals surface area contributed by atoms with E-state index in [0.717, 1.165) is 4.47 Å². The molecule has 0 radical (unpaired) electrons. The predicted molar refractivity (Wildman–Crippen MR) is 70.3 cm³/mol. The number of rotatable bonds is 2. The number of hydrogen-bond acceptors (Lipinski definition) is 2. The Labute approximate surface area is 112 Å². The van der Waals surface area contributed by atoms with Crippen LogP contribution in [-0.4, -0.2) is 15.7 Å². The molecule has 1 aromatic heterocycles. The van der Waals surface area contributed by atoms with Gasteiger partial charge in [0.2, 0.25) is 0 Å². The second-order valence-electron chi connectivity index (χ2n) is 3.42. The first kappa shape index (κ1) is 12.1. The molecular weight excluding hydrogens is 305 g/mol. The van der Waals surface area contributed by atoms with Crippen molar-refractivity contribution in [1.82, 2.24) is 9.78 Å². The van der Waals surface area contributed by atoms with Crippen molar-refractivity contribution in [2.75, 3.05) is 5.32 Å². The Morgan fingerprint density at radius 1 is 1.47 bits per heavy atom. The van der Waals surface area contributed by atoms with E-state index in [1.807, 2.05) is 0 Å². The highest BCUT2D eigenvalue weighted by Crippen LogP contribution is 2.26. The Balaban J connectivity index is 2.22. The van der Waals surface area contributed by atoms with Gasteiger partial charge in [0.05, 0.1) is 5.69 Å². The molecule has 0 bridgehead atoms. The van der Waals surface area contributed by atoms with E-state index in [1.165, 1.54) is 4.68 Å². The summed E-state index contributed by atoms with van der Waals surface area (Å²) >= 11 is 9.16. The number of amides is 1. The second kappa shape index (κ2) is 4.89. The van der Waals surface area contributed by atoms with Gasteiger partial charge in [0.15, 0.2) is 0 Å². The van der Waals surface area contributed by atoms with Crippen LogP contribution in [0.4, 0.5) is 5.69 Å². The zero-order valence-electron chi connectivity index (χ0n) is 8.95. The average Bonchev–Trinajstić information content (AvgIpc) is 2.68. The maximum Gasteiger partial charge on any atom is 0.273 e. The van der Waals surface area contributed by atoms with E-state index in [-0.39, 0.29) is 5.91 Å². The summed E-state index contributed by atoms with van der Waals surface area (Å²) in [4.78, 5) is 11.9. The first-order chi connectivity index (χ1) is 8.08. The van der Waals surface area contributed by atoms with Crippen LogP contribution in [0.1, 0.15) is 10.5 Å². The highest BCUT2D eigenvalue weighted by Gasteiger charge is 2.11. The Kier molecular flexibility index (Phi) is 3.49. The van der Waals surface area contributed by atoms with Gasteiger partial charge in [-0.2, -0.15) is 5.10 Å². The molecular formula is C11H9BrClN3O. The minimum atomic E-state index is -0.215. The quantitative estimate of drug-likeness (QED) is 0.926. The zero-order valence-corrected chi connectivity index (χ0v) is 11.3. The third kappa shape index (κ3) is 2.68. The molecule has 2 aromatic rings.